The van der Waals surface area contributed by atoms with E-state index in [2.05, 4.69) is 15.3 Å². The summed E-state index contributed by atoms with van der Waals surface area (Å²) in [7, 11) is -3.79. The van der Waals surface area contributed by atoms with Crippen LogP contribution in [0.25, 0.3) is 22.3 Å². The summed E-state index contributed by atoms with van der Waals surface area (Å²) in [6, 6.07) is 15.7. The Morgan fingerprint density at radius 3 is 2.46 bits per heavy atom. The molecule has 7 heteroatoms. The average Bonchev–Trinajstić information content (AvgIpc) is 3.23. The van der Waals surface area contributed by atoms with Crippen LogP contribution in [0.4, 0.5) is 0 Å². The van der Waals surface area contributed by atoms with E-state index in [9.17, 15) is 8.42 Å². The number of nitrogens with zero attached hydrogens (tertiary/aromatic N) is 3. The normalized spacial score (nSPS) is 11.9. The van der Waals surface area contributed by atoms with Crippen LogP contribution in [0, 0.1) is 6.92 Å². The molecule has 0 saturated carbocycles. The van der Waals surface area contributed by atoms with Crippen molar-refractivity contribution in [2.24, 2.45) is 0 Å². The Kier molecular flexibility index (Phi) is 3.24. The van der Waals surface area contributed by atoms with Crippen LogP contribution in [0.1, 0.15) is 5.56 Å². The second-order valence-corrected chi connectivity index (χ2v) is 7.25. The number of aromatic nitrogens is 4. The molecule has 2 heterocycles. The molecule has 0 aliphatic heterocycles. The van der Waals surface area contributed by atoms with Gasteiger partial charge >= 0.3 is 0 Å². The molecule has 2 aromatic heterocycles. The highest BCUT2D eigenvalue weighted by atomic mass is 32.2. The lowest BCUT2D eigenvalue weighted by atomic mass is 10.2. The molecule has 0 radical (unpaired) electrons. The van der Waals surface area contributed by atoms with Crippen LogP contribution in [-0.4, -0.2) is 27.8 Å². The van der Waals surface area contributed by atoms with Crippen LogP contribution in [-0.2, 0) is 10.0 Å². The molecule has 2 aromatic carbocycles. The van der Waals surface area contributed by atoms with E-state index in [-0.39, 0.29) is 4.90 Å². The molecular formula is C17H14N4O2S. The Bertz CT molecular complexity index is 1110. The summed E-state index contributed by atoms with van der Waals surface area (Å²) in [4.78, 5) is 0.204. The number of H-pyrrole nitrogens is 1. The van der Waals surface area contributed by atoms with Gasteiger partial charge in [-0.1, -0.05) is 35.9 Å². The van der Waals surface area contributed by atoms with E-state index >= 15 is 0 Å². The van der Waals surface area contributed by atoms with Crippen molar-refractivity contribution in [3.8, 4) is 11.4 Å². The van der Waals surface area contributed by atoms with Gasteiger partial charge in [0.1, 0.15) is 11.4 Å². The molecule has 0 saturated heterocycles. The Morgan fingerprint density at radius 2 is 1.75 bits per heavy atom. The van der Waals surface area contributed by atoms with E-state index in [0.717, 1.165) is 15.0 Å². The minimum absolute atomic E-state index is 0.204. The third-order valence-corrected chi connectivity index (χ3v) is 5.45. The van der Waals surface area contributed by atoms with Crippen LogP contribution in [0.3, 0.4) is 0 Å². The molecule has 0 unspecified atom stereocenters. The number of para-hydroxylation sites is 1. The molecule has 1 N–H and O–H groups in total. The summed E-state index contributed by atoms with van der Waals surface area (Å²) in [5.74, 6) is 0. The molecule has 120 valence electrons. The Morgan fingerprint density at radius 1 is 1.00 bits per heavy atom. The molecule has 6 nitrogen and oxygen atoms in total. The van der Waals surface area contributed by atoms with Crippen molar-refractivity contribution < 1.29 is 8.42 Å². The lowest BCUT2D eigenvalue weighted by Crippen LogP contribution is -2.14. The molecule has 24 heavy (non-hydrogen) atoms. The van der Waals surface area contributed by atoms with Crippen molar-refractivity contribution in [3.63, 3.8) is 0 Å². The fourth-order valence-electron chi connectivity index (χ4n) is 2.61. The van der Waals surface area contributed by atoms with Gasteiger partial charge in [0.2, 0.25) is 0 Å². The summed E-state index contributed by atoms with van der Waals surface area (Å²) in [5, 5.41) is 11.9. The van der Waals surface area contributed by atoms with Crippen LogP contribution >= 0.6 is 0 Å². The second-order valence-electron chi connectivity index (χ2n) is 5.49. The number of nitrogens with one attached hydrogen (secondary N) is 1. The van der Waals surface area contributed by atoms with Crippen molar-refractivity contribution in [2.45, 2.75) is 11.8 Å². The van der Waals surface area contributed by atoms with Crippen molar-refractivity contribution in [1.29, 1.82) is 0 Å². The molecule has 0 fully saturated rings. The topological polar surface area (TPSA) is 80.6 Å². The first-order valence-corrected chi connectivity index (χ1v) is 8.81. The molecular weight excluding hydrogens is 324 g/mol. The SMILES string of the molecule is Cc1ccc(S(=O)(=O)n2nc(-c3cc[nH]n3)c3ccccc32)cc1. The summed E-state index contributed by atoms with van der Waals surface area (Å²) in [5.41, 5.74) is 2.65. The van der Waals surface area contributed by atoms with Crippen LogP contribution in [0.15, 0.2) is 65.7 Å². The highest BCUT2D eigenvalue weighted by Gasteiger charge is 2.23. The largest absolute Gasteiger partial charge is 0.285 e. The zero-order valence-electron chi connectivity index (χ0n) is 12.8. The Balaban J connectivity index is 1.99. The zero-order valence-corrected chi connectivity index (χ0v) is 13.7. The number of aryl methyl sites for hydroxylation is 1. The predicted molar refractivity (Wildman–Crippen MR) is 91.1 cm³/mol. The third-order valence-electron chi connectivity index (χ3n) is 3.85. The lowest BCUT2D eigenvalue weighted by molar-refractivity contribution is 0.582. The maximum atomic E-state index is 13.0. The maximum absolute atomic E-state index is 13.0. The molecule has 0 spiro atoms. The maximum Gasteiger partial charge on any atom is 0.283 e. The van der Waals surface area contributed by atoms with Gasteiger partial charge in [-0.3, -0.25) is 5.10 Å². The van der Waals surface area contributed by atoms with Crippen molar-refractivity contribution in [1.82, 2.24) is 19.4 Å². The second kappa shape index (κ2) is 5.31. The smallest absolute Gasteiger partial charge is 0.283 e. The molecule has 0 bridgehead atoms. The lowest BCUT2D eigenvalue weighted by Gasteiger charge is -2.06. The third kappa shape index (κ3) is 2.21. The fraction of sp³-hybridized carbons (Fsp3) is 0.0588. The van der Waals surface area contributed by atoms with Gasteiger partial charge in [0.05, 0.1) is 10.4 Å². The van der Waals surface area contributed by atoms with Crippen LogP contribution in [0.2, 0.25) is 0 Å². The highest BCUT2D eigenvalue weighted by molar-refractivity contribution is 7.90. The highest BCUT2D eigenvalue weighted by Crippen LogP contribution is 2.29. The van der Waals surface area contributed by atoms with Gasteiger partial charge < -0.3 is 0 Å². The minimum Gasteiger partial charge on any atom is -0.285 e. The first-order valence-electron chi connectivity index (χ1n) is 7.37. The minimum atomic E-state index is -3.79. The molecule has 0 amide bonds. The van der Waals surface area contributed by atoms with Crippen LogP contribution in [0.5, 0.6) is 0 Å². The summed E-state index contributed by atoms with van der Waals surface area (Å²) in [6.45, 7) is 1.91. The molecule has 4 aromatic rings. The predicted octanol–water partition coefficient (Wildman–Crippen LogP) is 2.97. The molecule has 0 atom stereocenters. The van der Waals surface area contributed by atoms with E-state index in [1.807, 2.05) is 19.1 Å². The van der Waals surface area contributed by atoms with Gasteiger partial charge in [-0.2, -0.15) is 22.7 Å². The zero-order chi connectivity index (χ0) is 16.7. The van der Waals surface area contributed by atoms with E-state index in [1.54, 1.807) is 48.7 Å². The monoisotopic (exact) mass is 338 g/mol. The number of hydrogen-bond acceptors (Lipinski definition) is 4. The number of benzene rings is 2. The van der Waals surface area contributed by atoms with Gasteiger partial charge in [-0.15, -0.1) is 0 Å². The van der Waals surface area contributed by atoms with Gasteiger partial charge in [0.25, 0.3) is 10.0 Å². The summed E-state index contributed by atoms with van der Waals surface area (Å²) < 4.78 is 27.1. The van der Waals surface area contributed by atoms with Crippen molar-refractivity contribution in [2.75, 3.05) is 0 Å². The van der Waals surface area contributed by atoms with Gasteiger partial charge in [-0.25, -0.2) is 0 Å². The molecule has 0 aliphatic carbocycles. The van der Waals surface area contributed by atoms with Gasteiger partial charge in [0.15, 0.2) is 0 Å². The van der Waals surface area contributed by atoms with Crippen molar-refractivity contribution in [3.05, 3.63) is 66.4 Å². The van der Waals surface area contributed by atoms with E-state index < -0.39 is 10.0 Å². The average molecular weight is 338 g/mol. The van der Waals surface area contributed by atoms with E-state index in [1.165, 1.54) is 0 Å². The van der Waals surface area contributed by atoms with Crippen LogP contribution < -0.4 is 0 Å². The summed E-state index contributed by atoms with van der Waals surface area (Å²) >= 11 is 0. The molecule has 4 rings (SSSR count). The van der Waals surface area contributed by atoms with Crippen molar-refractivity contribution >= 4 is 20.9 Å². The number of fused-ring (bicyclic) bond motifs is 1. The Hall–Kier alpha value is -2.93. The van der Waals surface area contributed by atoms with E-state index in [4.69, 9.17) is 0 Å². The summed E-state index contributed by atoms with van der Waals surface area (Å²) in [6.07, 6.45) is 1.68. The Labute approximate surface area is 138 Å². The number of hydrogen-bond donors (Lipinski definition) is 1. The fourth-order valence-corrected chi connectivity index (χ4v) is 3.90. The van der Waals surface area contributed by atoms with E-state index in [0.29, 0.717) is 16.9 Å². The first-order chi connectivity index (χ1) is 11.6. The van der Waals surface area contributed by atoms with Gasteiger partial charge in [-0.05, 0) is 31.2 Å². The standard InChI is InChI=1S/C17H14N4O2S/c1-12-6-8-13(9-7-12)24(22,23)21-16-5-3-2-4-14(16)17(20-21)15-10-11-18-19-15/h2-11H,1H3,(H,18,19). The molecule has 0 aliphatic rings. The van der Waals surface area contributed by atoms with Gasteiger partial charge in [0, 0.05) is 11.6 Å². The quantitative estimate of drug-likeness (QED) is 0.623. The first kappa shape index (κ1) is 14.6. The number of aromatic amines is 1. The number of rotatable bonds is 3.